The highest BCUT2D eigenvalue weighted by atomic mass is 14.7. The predicted octanol–water partition coefficient (Wildman–Crippen LogP) is 11.4. The lowest BCUT2D eigenvalue weighted by atomic mass is 9.88. The number of hydrogen-bond acceptors (Lipinski definition) is 2. The molecular formula is C43H30N2. The number of nitrogens with zero attached hydrogens (tertiary/aromatic N) is 2. The third kappa shape index (κ3) is 5.17. The molecule has 0 aliphatic heterocycles. The van der Waals surface area contributed by atoms with E-state index in [2.05, 4.69) is 146 Å². The highest BCUT2D eigenvalue weighted by Gasteiger charge is 2.16. The fraction of sp³-hybridized carbons (Fsp3) is 0.0233. The first-order valence-corrected chi connectivity index (χ1v) is 15.3. The molecule has 0 amide bonds. The topological polar surface area (TPSA) is 25.8 Å². The lowest BCUT2D eigenvalue weighted by Gasteiger charge is -2.16. The average molecular weight is 575 g/mol. The maximum absolute atomic E-state index is 5.14. The number of pyridine rings is 2. The summed E-state index contributed by atoms with van der Waals surface area (Å²) in [5.74, 6) is 0. The van der Waals surface area contributed by atoms with Crippen LogP contribution in [0.2, 0.25) is 0 Å². The molecule has 0 spiro atoms. The molecule has 0 unspecified atom stereocenters. The van der Waals surface area contributed by atoms with Crippen molar-refractivity contribution in [1.82, 2.24) is 9.97 Å². The Morgan fingerprint density at radius 3 is 1.44 bits per heavy atom. The molecule has 45 heavy (non-hydrogen) atoms. The van der Waals surface area contributed by atoms with Gasteiger partial charge in [-0.2, -0.15) is 0 Å². The summed E-state index contributed by atoms with van der Waals surface area (Å²) in [4.78, 5) is 10.1. The molecule has 8 rings (SSSR count). The Hall–Kier alpha value is -5.86. The minimum atomic E-state index is 0.947. The Morgan fingerprint density at radius 2 is 0.844 bits per heavy atom. The van der Waals surface area contributed by atoms with Crippen LogP contribution < -0.4 is 0 Å². The summed E-state index contributed by atoms with van der Waals surface area (Å²) in [6.45, 7) is 2.05. The summed E-state index contributed by atoms with van der Waals surface area (Å²) in [6, 6.07) is 58.2. The van der Waals surface area contributed by atoms with Gasteiger partial charge in [-0.15, -0.1) is 0 Å². The van der Waals surface area contributed by atoms with Crippen LogP contribution in [0.4, 0.5) is 0 Å². The van der Waals surface area contributed by atoms with E-state index in [4.69, 9.17) is 9.97 Å². The minimum absolute atomic E-state index is 0.947. The van der Waals surface area contributed by atoms with Crippen molar-refractivity contribution in [3.05, 3.63) is 169 Å². The van der Waals surface area contributed by atoms with Crippen molar-refractivity contribution in [3.8, 4) is 56.0 Å². The number of fused-ring (bicyclic) bond motifs is 2. The van der Waals surface area contributed by atoms with Gasteiger partial charge in [-0.05, 0) is 99.3 Å². The molecule has 2 nitrogen and oxygen atoms in total. The summed E-state index contributed by atoms with van der Waals surface area (Å²) in [7, 11) is 0. The van der Waals surface area contributed by atoms with Gasteiger partial charge in [-0.1, -0.05) is 115 Å². The van der Waals surface area contributed by atoms with Crippen LogP contribution in [-0.2, 0) is 0 Å². The lowest BCUT2D eigenvalue weighted by molar-refractivity contribution is 1.21. The van der Waals surface area contributed by atoms with Crippen LogP contribution in [0.25, 0.3) is 77.6 Å². The molecule has 0 bridgehead atoms. The van der Waals surface area contributed by atoms with Crippen LogP contribution in [0.3, 0.4) is 0 Å². The molecular weight excluding hydrogens is 544 g/mol. The zero-order valence-electron chi connectivity index (χ0n) is 25.0. The third-order valence-corrected chi connectivity index (χ3v) is 8.47. The summed E-state index contributed by atoms with van der Waals surface area (Å²) < 4.78 is 0. The first kappa shape index (κ1) is 26.7. The Labute approximate surface area is 263 Å². The fourth-order valence-corrected chi connectivity index (χ4v) is 6.33. The maximum atomic E-state index is 5.14. The molecule has 0 saturated carbocycles. The van der Waals surface area contributed by atoms with Crippen LogP contribution >= 0.6 is 0 Å². The van der Waals surface area contributed by atoms with Crippen LogP contribution in [0.5, 0.6) is 0 Å². The van der Waals surface area contributed by atoms with E-state index in [0.29, 0.717) is 0 Å². The first-order chi connectivity index (χ1) is 22.2. The molecule has 0 aliphatic rings. The van der Waals surface area contributed by atoms with Crippen molar-refractivity contribution < 1.29 is 0 Å². The second-order valence-corrected chi connectivity index (χ2v) is 11.5. The van der Waals surface area contributed by atoms with E-state index < -0.39 is 0 Å². The standard InChI is InChI=1S/C43H30N2/c1-29-13-12-22-40(44-29)36-24-34(25-37(26-36)43-38-20-10-8-18-32(38)23-33-19-9-11-21-39(33)43)35-27-41(30-14-4-2-5-15-30)45-42(28-35)31-16-6-3-7-17-31/h2-28H,1H3. The van der Waals surface area contributed by atoms with Crippen LogP contribution in [0.1, 0.15) is 5.69 Å². The number of hydrogen-bond donors (Lipinski definition) is 0. The van der Waals surface area contributed by atoms with Gasteiger partial charge in [0, 0.05) is 22.4 Å². The Kier molecular flexibility index (Phi) is 6.73. The summed E-state index contributed by atoms with van der Waals surface area (Å²) >= 11 is 0. The van der Waals surface area contributed by atoms with E-state index in [1.165, 1.54) is 27.1 Å². The van der Waals surface area contributed by atoms with E-state index in [9.17, 15) is 0 Å². The van der Waals surface area contributed by atoms with Crippen molar-refractivity contribution >= 4 is 21.5 Å². The van der Waals surface area contributed by atoms with Crippen LogP contribution in [-0.4, -0.2) is 9.97 Å². The second-order valence-electron chi connectivity index (χ2n) is 11.5. The average Bonchev–Trinajstić information content (AvgIpc) is 3.11. The summed E-state index contributed by atoms with van der Waals surface area (Å²) in [5, 5.41) is 4.93. The molecule has 0 saturated heterocycles. The van der Waals surface area contributed by atoms with Gasteiger partial charge in [0.05, 0.1) is 17.1 Å². The van der Waals surface area contributed by atoms with Gasteiger partial charge < -0.3 is 0 Å². The largest absolute Gasteiger partial charge is 0.253 e. The third-order valence-electron chi connectivity index (χ3n) is 8.47. The van der Waals surface area contributed by atoms with Crippen molar-refractivity contribution in [1.29, 1.82) is 0 Å². The van der Waals surface area contributed by atoms with Crippen molar-refractivity contribution in [3.63, 3.8) is 0 Å². The van der Waals surface area contributed by atoms with E-state index in [0.717, 1.165) is 56.2 Å². The van der Waals surface area contributed by atoms with Gasteiger partial charge >= 0.3 is 0 Å². The van der Waals surface area contributed by atoms with Gasteiger partial charge in [0.15, 0.2) is 0 Å². The molecule has 0 aliphatic carbocycles. The van der Waals surface area contributed by atoms with Crippen molar-refractivity contribution in [2.75, 3.05) is 0 Å². The molecule has 8 aromatic rings. The van der Waals surface area contributed by atoms with Crippen LogP contribution in [0, 0.1) is 6.92 Å². The molecule has 0 fully saturated rings. The van der Waals surface area contributed by atoms with E-state index >= 15 is 0 Å². The van der Waals surface area contributed by atoms with E-state index in [-0.39, 0.29) is 0 Å². The zero-order chi connectivity index (χ0) is 30.2. The van der Waals surface area contributed by atoms with Gasteiger partial charge in [0.1, 0.15) is 0 Å². The molecule has 212 valence electrons. The Morgan fingerprint density at radius 1 is 0.333 bits per heavy atom. The second kappa shape index (κ2) is 11.3. The summed E-state index contributed by atoms with van der Waals surface area (Å²) in [6.07, 6.45) is 0. The van der Waals surface area contributed by atoms with E-state index in [1.54, 1.807) is 0 Å². The highest BCUT2D eigenvalue weighted by Crippen LogP contribution is 2.41. The van der Waals surface area contributed by atoms with Crippen LogP contribution in [0.15, 0.2) is 164 Å². The molecule has 2 aromatic heterocycles. The van der Waals surface area contributed by atoms with Gasteiger partial charge in [-0.25, -0.2) is 4.98 Å². The molecule has 6 aromatic carbocycles. The zero-order valence-corrected chi connectivity index (χ0v) is 25.0. The molecule has 0 radical (unpaired) electrons. The normalized spacial score (nSPS) is 11.2. The first-order valence-electron chi connectivity index (χ1n) is 15.3. The minimum Gasteiger partial charge on any atom is -0.253 e. The smallest absolute Gasteiger partial charge is 0.0715 e. The fourth-order valence-electron chi connectivity index (χ4n) is 6.33. The molecule has 0 N–H and O–H groups in total. The number of benzene rings is 6. The van der Waals surface area contributed by atoms with E-state index in [1.807, 2.05) is 25.1 Å². The number of rotatable bonds is 5. The monoisotopic (exact) mass is 574 g/mol. The van der Waals surface area contributed by atoms with Gasteiger partial charge in [0.25, 0.3) is 0 Å². The number of aromatic nitrogens is 2. The summed E-state index contributed by atoms with van der Waals surface area (Å²) in [5.41, 5.74) is 11.8. The predicted molar refractivity (Wildman–Crippen MR) is 189 cm³/mol. The highest BCUT2D eigenvalue weighted by molar-refractivity contribution is 6.13. The van der Waals surface area contributed by atoms with Crippen molar-refractivity contribution in [2.45, 2.75) is 6.92 Å². The Balaban J connectivity index is 1.44. The maximum Gasteiger partial charge on any atom is 0.0715 e. The van der Waals surface area contributed by atoms with Crippen molar-refractivity contribution in [2.24, 2.45) is 0 Å². The SMILES string of the molecule is Cc1cccc(-c2cc(-c3cc(-c4ccccc4)nc(-c4ccccc4)c3)cc(-c3c4ccccc4cc4ccccc34)c2)n1. The quantitative estimate of drug-likeness (QED) is 0.191. The Bertz CT molecular complexity index is 2210. The van der Waals surface area contributed by atoms with Gasteiger partial charge in [-0.3, -0.25) is 4.98 Å². The lowest BCUT2D eigenvalue weighted by Crippen LogP contribution is -1.94. The molecule has 2 heterocycles. The number of aryl methyl sites for hydroxylation is 1. The molecule has 0 atom stereocenters. The molecule has 2 heteroatoms. The van der Waals surface area contributed by atoms with Gasteiger partial charge in [0.2, 0.25) is 0 Å².